The Hall–Kier alpha value is -1.40. The van der Waals surface area contributed by atoms with Crippen molar-refractivity contribution < 1.29 is 13.2 Å². The lowest BCUT2D eigenvalue weighted by Crippen LogP contribution is -2.52. The molecule has 0 saturated carbocycles. The van der Waals surface area contributed by atoms with Gasteiger partial charge in [0.25, 0.3) is 0 Å². The fourth-order valence-electron chi connectivity index (χ4n) is 2.61. The zero-order valence-corrected chi connectivity index (χ0v) is 14.0. The van der Waals surface area contributed by atoms with Crippen LogP contribution in [0.4, 0.5) is 0 Å². The van der Waals surface area contributed by atoms with Crippen LogP contribution in [0.5, 0.6) is 0 Å². The van der Waals surface area contributed by atoms with E-state index in [2.05, 4.69) is 5.32 Å². The first kappa shape index (κ1) is 17.0. The molecule has 1 aliphatic heterocycles. The predicted molar refractivity (Wildman–Crippen MR) is 85.8 cm³/mol. The normalized spacial score (nSPS) is 20.0. The third-order valence-corrected chi connectivity index (χ3v) is 5.71. The summed E-state index contributed by atoms with van der Waals surface area (Å²) in [6.07, 6.45) is 2.25. The van der Waals surface area contributed by atoms with Crippen molar-refractivity contribution in [3.63, 3.8) is 0 Å². The van der Waals surface area contributed by atoms with Gasteiger partial charge in [0.05, 0.1) is 4.90 Å². The molecule has 0 bridgehead atoms. The molecular weight excluding hydrogens is 300 g/mol. The van der Waals surface area contributed by atoms with E-state index in [1.807, 2.05) is 13.8 Å². The number of nitrogens with zero attached hydrogens (tertiary/aromatic N) is 1. The van der Waals surface area contributed by atoms with E-state index in [1.54, 1.807) is 30.3 Å². The van der Waals surface area contributed by atoms with Crippen molar-refractivity contribution in [2.45, 2.75) is 44.0 Å². The number of rotatable bonds is 5. The zero-order chi connectivity index (χ0) is 16.2. The second kappa shape index (κ2) is 7.24. The molecule has 122 valence electrons. The Kier molecular flexibility index (Phi) is 5.58. The van der Waals surface area contributed by atoms with Gasteiger partial charge in [-0.2, -0.15) is 4.31 Å². The van der Waals surface area contributed by atoms with Crippen LogP contribution in [0.1, 0.15) is 33.1 Å². The molecule has 1 N–H and O–H groups in total. The van der Waals surface area contributed by atoms with Gasteiger partial charge in [0.2, 0.25) is 15.9 Å². The Labute approximate surface area is 132 Å². The number of sulfonamides is 1. The molecule has 1 atom stereocenters. The summed E-state index contributed by atoms with van der Waals surface area (Å²) >= 11 is 0. The molecule has 0 radical (unpaired) electrons. The molecule has 0 aromatic heterocycles. The lowest BCUT2D eigenvalue weighted by molar-refractivity contribution is -0.125. The standard InChI is InChI=1S/C16H24N2O3S/c1-13(2)12-17-16(19)15-10-6-7-11-18(15)22(20,21)14-8-4-3-5-9-14/h3-5,8-9,13,15H,6-7,10-12H2,1-2H3,(H,17,19). The van der Waals surface area contributed by atoms with Gasteiger partial charge in [0, 0.05) is 13.1 Å². The first-order chi connectivity index (χ1) is 10.4. The topological polar surface area (TPSA) is 66.5 Å². The van der Waals surface area contributed by atoms with Crippen molar-refractivity contribution in [2.75, 3.05) is 13.1 Å². The molecule has 0 spiro atoms. The van der Waals surface area contributed by atoms with Crippen molar-refractivity contribution in [3.05, 3.63) is 30.3 Å². The van der Waals surface area contributed by atoms with Crippen LogP contribution in [0.15, 0.2) is 35.2 Å². The summed E-state index contributed by atoms with van der Waals surface area (Å²) in [6.45, 7) is 4.99. The largest absolute Gasteiger partial charge is 0.354 e. The number of nitrogens with one attached hydrogen (secondary N) is 1. The Morgan fingerprint density at radius 1 is 1.27 bits per heavy atom. The van der Waals surface area contributed by atoms with Crippen LogP contribution < -0.4 is 5.32 Å². The minimum atomic E-state index is -3.62. The van der Waals surface area contributed by atoms with Crippen LogP contribution in [-0.4, -0.2) is 37.8 Å². The molecule has 1 saturated heterocycles. The molecule has 1 aliphatic rings. The minimum absolute atomic E-state index is 0.187. The van der Waals surface area contributed by atoms with Crippen LogP contribution in [-0.2, 0) is 14.8 Å². The van der Waals surface area contributed by atoms with Gasteiger partial charge in [-0.25, -0.2) is 8.42 Å². The third kappa shape index (κ3) is 3.87. The van der Waals surface area contributed by atoms with Crippen LogP contribution in [0.2, 0.25) is 0 Å². The maximum absolute atomic E-state index is 12.8. The lowest BCUT2D eigenvalue weighted by atomic mass is 10.0. The van der Waals surface area contributed by atoms with E-state index in [0.29, 0.717) is 25.4 Å². The number of piperidine rings is 1. The average Bonchev–Trinajstić information content (AvgIpc) is 2.53. The first-order valence-corrected chi connectivity index (χ1v) is 9.21. The molecule has 5 nitrogen and oxygen atoms in total. The van der Waals surface area contributed by atoms with E-state index in [9.17, 15) is 13.2 Å². The fourth-order valence-corrected chi connectivity index (χ4v) is 4.28. The summed E-state index contributed by atoms with van der Waals surface area (Å²) in [5.41, 5.74) is 0. The summed E-state index contributed by atoms with van der Waals surface area (Å²) in [4.78, 5) is 12.6. The predicted octanol–water partition coefficient (Wildman–Crippen LogP) is 2.00. The van der Waals surface area contributed by atoms with Gasteiger partial charge in [-0.15, -0.1) is 0 Å². The van der Waals surface area contributed by atoms with Gasteiger partial charge in [0.1, 0.15) is 6.04 Å². The molecule has 2 rings (SSSR count). The van der Waals surface area contributed by atoms with E-state index in [0.717, 1.165) is 12.8 Å². The Morgan fingerprint density at radius 2 is 1.95 bits per heavy atom. The number of carbonyl (C=O) groups excluding carboxylic acids is 1. The number of carbonyl (C=O) groups is 1. The molecule has 1 aromatic carbocycles. The number of hydrogen-bond donors (Lipinski definition) is 1. The maximum atomic E-state index is 12.8. The van der Waals surface area contributed by atoms with Crippen molar-refractivity contribution in [1.29, 1.82) is 0 Å². The van der Waals surface area contributed by atoms with Crippen LogP contribution in [0.25, 0.3) is 0 Å². The van der Waals surface area contributed by atoms with Crippen LogP contribution >= 0.6 is 0 Å². The molecule has 1 aromatic rings. The highest BCUT2D eigenvalue weighted by molar-refractivity contribution is 7.89. The Bertz CT molecular complexity index is 599. The molecule has 1 heterocycles. The molecule has 0 aliphatic carbocycles. The van der Waals surface area contributed by atoms with E-state index >= 15 is 0 Å². The van der Waals surface area contributed by atoms with Crippen LogP contribution in [0, 0.1) is 5.92 Å². The number of hydrogen-bond acceptors (Lipinski definition) is 3. The SMILES string of the molecule is CC(C)CNC(=O)C1CCCCN1S(=O)(=O)c1ccccc1. The molecule has 6 heteroatoms. The summed E-state index contributed by atoms with van der Waals surface area (Å²) in [5, 5.41) is 2.86. The summed E-state index contributed by atoms with van der Waals surface area (Å²) in [5.74, 6) is 0.152. The Balaban J connectivity index is 2.21. The summed E-state index contributed by atoms with van der Waals surface area (Å²) in [6, 6.07) is 7.73. The molecule has 1 unspecified atom stereocenters. The minimum Gasteiger partial charge on any atom is -0.354 e. The van der Waals surface area contributed by atoms with E-state index in [1.165, 1.54) is 4.31 Å². The maximum Gasteiger partial charge on any atom is 0.243 e. The third-order valence-electron chi connectivity index (χ3n) is 3.79. The summed E-state index contributed by atoms with van der Waals surface area (Å²) < 4.78 is 26.9. The highest BCUT2D eigenvalue weighted by Gasteiger charge is 2.37. The van der Waals surface area contributed by atoms with Crippen molar-refractivity contribution >= 4 is 15.9 Å². The quantitative estimate of drug-likeness (QED) is 0.901. The van der Waals surface area contributed by atoms with E-state index < -0.39 is 16.1 Å². The molecule has 1 amide bonds. The second-order valence-electron chi connectivity index (χ2n) is 6.08. The fraction of sp³-hybridized carbons (Fsp3) is 0.562. The van der Waals surface area contributed by atoms with Crippen LogP contribution in [0.3, 0.4) is 0 Å². The second-order valence-corrected chi connectivity index (χ2v) is 7.97. The molecular formula is C16H24N2O3S. The van der Waals surface area contributed by atoms with E-state index in [-0.39, 0.29) is 10.8 Å². The monoisotopic (exact) mass is 324 g/mol. The highest BCUT2D eigenvalue weighted by Crippen LogP contribution is 2.25. The first-order valence-electron chi connectivity index (χ1n) is 7.77. The Morgan fingerprint density at radius 3 is 2.59 bits per heavy atom. The van der Waals surface area contributed by atoms with E-state index in [4.69, 9.17) is 0 Å². The number of amides is 1. The lowest BCUT2D eigenvalue weighted by Gasteiger charge is -2.33. The van der Waals surface area contributed by atoms with Gasteiger partial charge in [-0.05, 0) is 30.9 Å². The summed E-state index contributed by atoms with van der Waals surface area (Å²) in [7, 11) is -3.62. The average molecular weight is 324 g/mol. The van der Waals surface area contributed by atoms with Gasteiger partial charge in [0.15, 0.2) is 0 Å². The van der Waals surface area contributed by atoms with Crippen molar-refractivity contribution in [1.82, 2.24) is 9.62 Å². The van der Waals surface area contributed by atoms with Crippen molar-refractivity contribution in [3.8, 4) is 0 Å². The van der Waals surface area contributed by atoms with Gasteiger partial charge in [-0.1, -0.05) is 38.5 Å². The number of benzene rings is 1. The van der Waals surface area contributed by atoms with Gasteiger partial charge < -0.3 is 5.32 Å². The molecule has 22 heavy (non-hydrogen) atoms. The zero-order valence-electron chi connectivity index (χ0n) is 13.2. The van der Waals surface area contributed by atoms with Crippen molar-refractivity contribution in [2.24, 2.45) is 5.92 Å². The van der Waals surface area contributed by atoms with Gasteiger partial charge >= 0.3 is 0 Å². The highest BCUT2D eigenvalue weighted by atomic mass is 32.2. The molecule has 1 fully saturated rings. The smallest absolute Gasteiger partial charge is 0.243 e. The van der Waals surface area contributed by atoms with Gasteiger partial charge in [-0.3, -0.25) is 4.79 Å².